The van der Waals surface area contributed by atoms with E-state index in [0.29, 0.717) is 5.56 Å². The zero-order valence-corrected chi connectivity index (χ0v) is 10.9. The summed E-state index contributed by atoms with van der Waals surface area (Å²) in [7, 11) is 0. The zero-order chi connectivity index (χ0) is 12.5. The van der Waals surface area contributed by atoms with E-state index in [-0.39, 0.29) is 0 Å². The number of imidazole rings is 1. The summed E-state index contributed by atoms with van der Waals surface area (Å²) in [6, 6.07) is 15.6. The third-order valence-electron chi connectivity index (χ3n) is 2.78. The highest BCUT2D eigenvalue weighted by atomic mass is 79.9. The summed E-state index contributed by atoms with van der Waals surface area (Å²) in [5.74, 6) is 0. The third kappa shape index (κ3) is 1.79. The lowest BCUT2D eigenvalue weighted by atomic mass is 10.2. The molecule has 4 heteroatoms. The van der Waals surface area contributed by atoms with Gasteiger partial charge in [0, 0.05) is 10.2 Å². The number of halogens is 1. The van der Waals surface area contributed by atoms with Crippen LogP contribution < -0.4 is 0 Å². The molecule has 0 aliphatic heterocycles. The average molecular weight is 298 g/mol. The summed E-state index contributed by atoms with van der Waals surface area (Å²) < 4.78 is 3.02. The SMILES string of the molecule is N#Cc1ccc(-n2cnc3cc(Br)ccc32)cc1. The molecule has 0 spiro atoms. The number of nitrogens with zero attached hydrogens (tertiary/aromatic N) is 3. The first-order valence-electron chi connectivity index (χ1n) is 5.41. The monoisotopic (exact) mass is 297 g/mol. The second kappa shape index (κ2) is 4.28. The molecule has 1 heterocycles. The van der Waals surface area contributed by atoms with Gasteiger partial charge in [0.2, 0.25) is 0 Å². The van der Waals surface area contributed by atoms with Crippen LogP contribution in [0, 0.1) is 11.3 Å². The van der Waals surface area contributed by atoms with Crippen LogP contribution in [0.25, 0.3) is 16.7 Å². The van der Waals surface area contributed by atoms with Crippen molar-refractivity contribution in [2.45, 2.75) is 0 Å². The lowest BCUT2D eigenvalue weighted by Gasteiger charge is -2.04. The van der Waals surface area contributed by atoms with Crippen LogP contribution >= 0.6 is 15.9 Å². The highest BCUT2D eigenvalue weighted by Crippen LogP contribution is 2.21. The largest absolute Gasteiger partial charge is 0.299 e. The van der Waals surface area contributed by atoms with Gasteiger partial charge in [0.25, 0.3) is 0 Å². The molecule has 86 valence electrons. The molecule has 0 atom stereocenters. The molecule has 18 heavy (non-hydrogen) atoms. The van der Waals surface area contributed by atoms with Crippen LogP contribution in [0.5, 0.6) is 0 Å². The van der Waals surface area contributed by atoms with Crippen LogP contribution in [0.15, 0.2) is 53.3 Å². The predicted octanol–water partition coefficient (Wildman–Crippen LogP) is 3.66. The fraction of sp³-hybridized carbons (Fsp3) is 0. The van der Waals surface area contributed by atoms with Crippen molar-refractivity contribution in [3.05, 3.63) is 58.8 Å². The van der Waals surface area contributed by atoms with E-state index in [1.165, 1.54) is 0 Å². The van der Waals surface area contributed by atoms with Crippen LogP contribution in [0.3, 0.4) is 0 Å². The number of fused-ring (bicyclic) bond motifs is 1. The standard InChI is InChI=1S/C14H8BrN3/c15-11-3-6-14-13(7-11)17-9-18(14)12-4-1-10(8-16)2-5-12/h1-7,9H. The van der Waals surface area contributed by atoms with Gasteiger partial charge in [-0.05, 0) is 42.5 Å². The number of rotatable bonds is 1. The molecule has 0 aliphatic carbocycles. The first-order chi connectivity index (χ1) is 8.78. The Bertz CT molecular complexity index is 751. The van der Waals surface area contributed by atoms with Crippen molar-refractivity contribution in [1.82, 2.24) is 9.55 Å². The second-order valence-corrected chi connectivity index (χ2v) is 4.82. The van der Waals surface area contributed by atoms with E-state index in [9.17, 15) is 0 Å². The maximum Gasteiger partial charge on any atom is 0.100 e. The molecule has 0 unspecified atom stereocenters. The summed E-state index contributed by atoms with van der Waals surface area (Å²) in [5.41, 5.74) is 3.64. The van der Waals surface area contributed by atoms with E-state index < -0.39 is 0 Å². The second-order valence-electron chi connectivity index (χ2n) is 3.91. The van der Waals surface area contributed by atoms with Gasteiger partial charge in [0.15, 0.2) is 0 Å². The molecule has 2 aromatic carbocycles. The average Bonchev–Trinajstić information content (AvgIpc) is 2.81. The number of benzene rings is 2. The van der Waals surface area contributed by atoms with Crippen molar-refractivity contribution in [1.29, 1.82) is 5.26 Å². The van der Waals surface area contributed by atoms with E-state index >= 15 is 0 Å². The van der Waals surface area contributed by atoms with Gasteiger partial charge in [-0.15, -0.1) is 0 Å². The molecule has 3 aromatic rings. The first kappa shape index (κ1) is 11.0. The summed E-state index contributed by atoms with van der Waals surface area (Å²) in [4.78, 5) is 4.37. The van der Waals surface area contributed by atoms with Gasteiger partial charge >= 0.3 is 0 Å². The minimum atomic E-state index is 0.658. The van der Waals surface area contributed by atoms with E-state index in [4.69, 9.17) is 5.26 Å². The van der Waals surface area contributed by atoms with E-state index in [1.807, 2.05) is 34.9 Å². The number of hydrogen-bond donors (Lipinski definition) is 0. The minimum absolute atomic E-state index is 0.658. The van der Waals surface area contributed by atoms with Crippen molar-refractivity contribution in [3.63, 3.8) is 0 Å². The quantitative estimate of drug-likeness (QED) is 0.688. The Hall–Kier alpha value is -2.12. The normalized spacial score (nSPS) is 10.4. The number of hydrogen-bond acceptors (Lipinski definition) is 2. The molecular weight excluding hydrogens is 290 g/mol. The lowest BCUT2D eigenvalue weighted by Crippen LogP contribution is -1.91. The van der Waals surface area contributed by atoms with Gasteiger partial charge in [0.1, 0.15) is 6.33 Å². The van der Waals surface area contributed by atoms with Crippen molar-refractivity contribution in [3.8, 4) is 11.8 Å². The summed E-state index contributed by atoms with van der Waals surface area (Å²) >= 11 is 3.43. The smallest absolute Gasteiger partial charge is 0.100 e. The van der Waals surface area contributed by atoms with Crippen LogP contribution in [0.2, 0.25) is 0 Å². The van der Waals surface area contributed by atoms with Crippen LogP contribution in [0.4, 0.5) is 0 Å². The van der Waals surface area contributed by atoms with E-state index in [0.717, 1.165) is 21.2 Å². The van der Waals surface area contributed by atoms with Gasteiger partial charge in [0.05, 0.1) is 22.7 Å². The van der Waals surface area contributed by atoms with Gasteiger partial charge < -0.3 is 0 Å². The van der Waals surface area contributed by atoms with Gasteiger partial charge in [-0.2, -0.15) is 5.26 Å². The predicted molar refractivity (Wildman–Crippen MR) is 73.5 cm³/mol. The Labute approximate surface area is 112 Å². The first-order valence-corrected chi connectivity index (χ1v) is 6.20. The van der Waals surface area contributed by atoms with Crippen molar-refractivity contribution >= 4 is 27.0 Å². The van der Waals surface area contributed by atoms with Gasteiger partial charge in [-0.1, -0.05) is 15.9 Å². The summed E-state index contributed by atoms with van der Waals surface area (Å²) in [5, 5.41) is 8.79. The van der Waals surface area contributed by atoms with Crippen molar-refractivity contribution < 1.29 is 0 Å². The molecule has 3 nitrogen and oxygen atoms in total. The van der Waals surface area contributed by atoms with Crippen LogP contribution in [-0.2, 0) is 0 Å². The van der Waals surface area contributed by atoms with E-state index in [1.54, 1.807) is 18.5 Å². The Kier molecular flexibility index (Phi) is 2.62. The Morgan fingerprint density at radius 1 is 1.11 bits per heavy atom. The maximum atomic E-state index is 8.79. The molecule has 1 aromatic heterocycles. The number of nitriles is 1. The Morgan fingerprint density at radius 2 is 1.89 bits per heavy atom. The van der Waals surface area contributed by atoms with Gasteiger partial charge in [-0.3, -0.25) is 4.57 Å². The maximum absolute atomic E-state index is 8.79. The molecule has 0 saturated heterocycles. The molecule has 0 amide bonds. The fourth-order valence-electron chi connectivity index (χ4n) is 1.89. The minimum Gasteiger partial charge on any atom is -0.299 e. The molecular formula is C14H8BrN3. The highest BCUT2D eigenvalue weighted by molar-refractivity contribution is 9.10. The van der Waals surface area contributed by atoms with Crippen LogP contribution in [-0.4, -0.2) is 9.55 Å². The Morgan fingerprint density at radius 3 is 2.61 bits per heavy atom. The third-order valence-corrected chi connectivity index (χ3v) is 3.28. The summed E-state index contributed by atoms with van der Waals surface area (Å²) in [6.45, 7) is 0. The molecule has 0 radical (unpaired) electrons. The summed E-state index contributed by atoms with van der Waals surface area (Å²) in [6.07, 6.45) is 1.79. The molecule has 0 aliphatic rings. The van der Waals surface area contributed by atoms with Crippen LogP contribution in [0.1, 0.15) is 5.56 Å². The van der Waals surface area contributed by atoms with Crippen molar-refractivity contribution in [2.24, 2.45) is 0 Å². The zero-order valence-electron chi connectivity index (χ0n) is 9.34. The molecule has 3 rings (SSSR count). The topological polar surface area (TPSA) is 41.6 Å². The lowest BCUT2D eigenvalue weighted by molar-refractivity contribution is 1.09. The molecule has 0 fully saturated rings. The molecule has 0 saturated carbocycles. The fourth-order valence-corrected chi connectivity index (χ4v) is 2.24. The van der Waals surface area contributed by atoms with Gasteiger partial charge in [-0.25, -0.2) is 4.98 Å². The molecule has 0 N–H and O–H groups in total. The molecule has 0 bridgehead atoms. The Balaban J connectivity index is 2.16. The highest BCUT2D eigenvalue weighted by Gasteiger charge is 2.04. The number of aromatic nitrogens is 2. The van der Waals surface area contributed by atoms with Crippen molar-refractivity contribution in [2.75, 3.05) is 0 Å². The van der Waals surface area contributed by atoms with E-state index in [2.05, 4.69) is 27.0 Å².